The number of hydrogen-bond donors (Lipinski definition) is 1. The Hall–Kier alpha value is -1.24. The molecule has 1 rings (SSSR count). The van der Waals surface area contributed by atoms with Gasteiger partial charge in [0.25, 0.3) is 0 Å². The van der Waals surface area contributed by atoms with Gasteiger partial charge in [0, 0.05) is 11.9 Å². The summed E-state index contributed by atoms with van der Waals surface area (Å²) in [6, 6.07) is 2.05. The molecule has 0 fully saturated rings. The Labute approximate surface area is 67.5 Å². The number of hydrogen-bond acceptors (Lipinski definition) is 0. The monoisotopic (exact) mass is 147 g/mol. The quantitative estimate of drug-likeness (QED) is 0.661. The van der Waals surface area contributed by atoms with Gasteiger partial charge in [-0.15, -0.1) is 0 Å². The molecule has 1 aromatic rings. The van der Waals surface area contributed by atoms with E-state index in [4.69, 9.17) is 0 Å². The van der Waals surface area contributed by atoms with Crippen LogP contribution in [-0.4, -0.2) is 4.98 Å². The highest BCUT2D eigenvalue weighted by Gasteiger charge is 1.98. The second-order valence-corrected chi connectivity index (χ2v) is 2.59. The molecule has 0 saturated carbocycles. The van der Waals surface area contributed by atoms with Gasteiger partial charge in [0.15, 0.2) is 0 Å². The highest BCUT2D eigenvalue weighted by atomic mass is 14.7. The van der Waals surface area contributed by atoms with E-state index in [0.29, 0.717) is 0 Å². The molecule has 0 saturated heterocycles. The second kappa shape index (κ2) is 3.24. The third-order valence-electron chi connectivity index (χ3n) is 1.55. The van der Waals surface area contributed by atoms with Crippen molar-refractivity contribution in [2.24, 2.45) is 0 Å². The minimum Gasteiger partial charge on any atom is -0.361 e. The molecule has 0 amide bonds. The highest BCUT2D eigenvalue weighted by Crippen LogP contribution is 2.16. The van der Waals surface area contributed by atoms with Crippen LogP contribution in [0.3, 0.4) is 0 Å². The third-order valence-corrected chi connectivity index (χ3v) is 1.55. The van der Waals surface area contributed by atoms with Crippen LogP contribution in [0.25, 0.3) is 11.6 Å². The predicted octanol–water partition coefficient (Wildman–Crippen LogP) is 3.08. The number of allylic oxidation sites excluding steroid dienone is 2. The molecular weight excluding hydrogens is 134 g/mol. The van der Waals surface area contributed by atoms with Crippen molar-refractivity contribution in [3.05, 3.63) is 36.2 Å². The summed E-state index contributed by atoms with van der Waals surface area (Å²) in [5.74, 6) is 0. The van der Waals surface area contributed by atoms with Gasteiger partial charge < -0.3 is 4.98 Å². The maximum Gasteiger partial charge on any atom is 0.0477 e. The maximum atomic E-state index is 3.88. The number of nitrogens with one attached hydrogen (secondary N) is 1. The standard InChI is InChI=1S/C10H13N/c1-4-5-9-6-7-11-10(9)8(2)3/h4-7,11H,2H2,1,3H3/b5-4-. The van der Waals surface area contributed by atoms with Crippen LogP contribution in [0.4, 0.5) is 0 Å². The molecule has 1 aromatic heterocycles. The van der Waals surface area contributed by atoms with E-state index in [0.717, 1.165) is 11.3 Å². The van der Waals surface area contributed by atoms with Crippen LogP contribution in [0, 0.1) is 0 Å². The Morgan fingerprint density at radius 1 is 1.64 bits per heavy atom. The summed E-state index contributed by atoms with van der Waals surface area (Å²) in [7, 11) is 0. The van der Waals surface area contributed by atoms with Crippen molar-refractivity contribution >= 4 is 11.6 Å². The van der Waals surface area contributed by atoms with Crippen molar-refractivity contribution in [3.63, 3.8) is 0 Å². The molecule has 0 radical (unpaired) electrons. The van der Waals surface area contributed by atoms with Crippen molar-refractivity contribution in [1.82, 2.24) is 4.98 Å². The Morgan fingerprint density at radius 2 is 2.36 bits per heavy atom. The van der Waals surface area contributed by atoms with E-state index in [1.165, 1.54) is 5.56 Å². The van der Waals surface area contributed by atoms with Crippen LogP contribution in [0.15, 0.2) is 24.9 Å². The molecule has 0 aliphatic rings. The van der Waals surface area contributed by atoms with Gasteiger partial charge >= 0.3 is 0 Å². The third kappa shape index (κ3) is 1.61. The van der Waals surface area contributed by atoms with Crippen molar-refractivity contribution < 1.29 is 0 Å². The van der Waals surface area contributed by atoms with Crippen molar-refractivity contribution in [2.45, 2.75) is 13.8 Å². The summed E-state index contributed by atoms with van der Waals surface area (Å²) < 4.78 is 0. The molecule has 0 aliphatic heterocycles. The zero-order chi connectivity index (χ0) is 8.27. The van der Waals surface area contributed by atoms with E-state index < -0.39 is 0 Å². The predicted molar refractivity (Wildman–Crippen MR) is 50.2 cm³/mol. The van der Waals surface area contributed by atoms with Crippen LogP contribution in [0.2, 0.25) is 0 Å². The number of aromatic amines is 1. The Balaban J connectivity index is 3.05. The molecule has 0 unspecified atom stereocenters. The van der Waals surface area contributed by atoms with Crippen LogP contribution < -0.4 is 0 Å². The van der Waals surface area contributed by atoms with Gasteiger partial charge in [-0.1, -0.05) is 18.7 Å². The molecule has 1 nitrogen and oxygen atoms in total. The molecule has 1 heteroatoms. The topological polar surface area (TPSA) is 15.8 Å². The lowest BCUT2D eigenvalue weighted by atomic mass is 10.1. The van der Waals surface area contributed by atoms with Gasteiger partial charge in [-0.3, -0.25) is 0 Å². The molecule has 11 heavy (non-hydrogen) atoms. The molecule has 0 bridgehead atoms. The first-order chi connectivity index (χ1) is 5.25. The number of rotatable bonds is 2. The minimum absolute atomic E-state index is 1.07. The molecule has 0 aromatic carbocycles. The first-order valence-corrected chi connectivity index (χ1v) is 3.71. The number of aromatic nitrogens is 1. The lowest BCUT2D eigenvalue weighted by Gasteiger charge is -1.96. The molecular formula is C10H13N. The van der Waals surface area contributed by atoms with E-state index in [2.05, 4.69) is 17.6 Å². The van der Waals surface area contributed by atoms with Crippen LogP contribution in [0.5, 0.6) is 0 Å². The van der Waals surface area contributed by atoms with Gasteiger partial charge in [-0.25, -0.2) is 0 Å². The normalized spacial score (nSPS) is 10.7. The molecule has 1 N–H and O–H groups in total. The lowest BCUT2D eigenvalue weighted by Crippen LogP contribution is -1.79. The average molecular weight is 147 g/mol. The van der Waals surface area contributed by atoms with Crippen molar-refractivity contribution in [2.75, 3.05) is 0 Å². The Morgan fingerprint density at radius 3 is 2.91 bits per heavy atom. The SMILES string of the molecule is C=C(C)c1[nH]ccc1/C=C\C. The molecule has 1 heterocycles. The van der Waals surface area contributed by atoms with E-state index in [9.17, 15) is 0 Å². The van der Waals surface area contributed by atoms with E-state index in [1.807, 2.05) is 32.2 Å². The van der Waals surface area contributed by atoms with Crippen molar-refractivity contribution in [1.29, 1.82) is 0 Å². The van der Waals surface area contributed by atoms with E-state index >= 15 is 0 Å². The largest absolute Gasteiger partial charge is 0.361 e. The van der Waals surface area contributed by atoms with Crippen LogP contribution in [0.1, 0.15) is 25.1 Å². The first-order valence-electron chi connectivity index (χ1n) is 3.71. The van der Waals surface area contributed by atoms with Gasteiger partial charge in [-0.2, -0.15) is 0 Å². The molecule has 0 spiro atoms. The summed E-state index contributed by atoms with van der Waals surface area (Å²) in [5, 5.41) is 0. The molecule has 0 aliphatic carbocycles. The van der Waals surface area contributed by atoms with Gasteiger partial charge in [-0.05, 0) is 31.1 Å². The fraction of sp³-hybridized carbons (Fsp3) is 0.200. The van der Waals surface area contributed by atoms with Crippen molar-refractivity contribution in [3.8, 4) is 0 Å². The van der Waals surface area contributed by atoms with E-state index in [-0.39, 0.29) is 0 Å². The fourth-order valence-electron chi connectivity index (χ4n) is 1.07. The maximum absolute atomic E-state index is 3.88. The van der Waals surface area contributed by atoms with E-state index in [1.54, 1.807) is 0 Å². The summed E-state index contributed by atoms with van der Waals surface area (Å²) >= 11 is 0. The Kier molecular flexibility index (Phi) is 2.32. The number of H-pyrrole nitrogens is 1. The summed E-state index contributed by atoms with van der Waals surface area (Å²) in [6.07, 6.45) is 6.02. The average Bonchev–Trinajstić information content (AvgIpc) is 2.36. The van der Waals surface area contributed by atoms with Crippen LogP contribution in [-0.2, 0) is 0 Å². The second-order valence-electron chi connectivity index (χ2n) is 2.59. The zero-order valence-electron chi connectivity index (χ0n) is 7.02. The highest BCUT2D eigenvalue weighted by molar-refractivity contribution is 5.69. The molecule has 0 atom stereocenters. The lowest BCUT2D eigenvalue weighted by molar-refractivity contribution is 1.34. The molecule has 58 valence electrons. The summed E-state index contributed by atoms with van der Waals surface area (Å²) in [5.41, 5.74) is 3.41. The summed E-state index contributed by atoms with van der Waals surface area (Å²) in [4.78, 5) is 3.14. The Bertz CT molecular complexity index is 279. The zero-order valence-corrected chi connectivity index (χ0v) is 7.02. The van der Waals surface area contributed by atoms with Gasteiger partial charge in [0.05, 0.1) is 0 Å². The first kappa shape index (κ1) is 7.86. The summed E-state index contributed by atoms with van der Waals surface area (Å²) in [6.45, 7) is 7.88. The minimum atomic E-state index is 1.07. The van der Waals surface area contributed by atoms with Gasteiger partial charge in [0.2, 0.25) is 0 Å². The fourth-order valence-corrected chi connectivity index (χ4v) is 1.07. The van der Waals surface area contributed by atoms with Gasteiger partial charge in [0.1, 0.15) is 0 Å². The smallest absolute Gasteiger partial charge is 0.0477 e. The van der Waals surface area contributed by atoms with Crippen LogP contribution >= 0.6 is 0 Å².